The minimum atomic E-state index is -0.329. The highest BCUT2D eigenvalue weighted by molar-refractivity contribution is 5.95. The van der Waals surface area contributed by atoms with Gasteiger partial charge >= 0.3 is 0 Å². The Morgan fingerprint density at radius 1 is 1.26 bits per heavy atom. The second kappa shape index (κ2) is 7.52. The summed E-state index contributed by atoms with van der Waals surface area (Å²) in [5, 5.41) is 13.2. The van der Waals surface area contributed by atoms with Gasteiger partial charge in [-0.15, -0.1) is 0 Å². The van der Waals surface area contributed by atoms with Gasteiger partial charge in [-0.3, -0.25) is 9.59 Å². The van der Waals surface area contributed by atoms with Gasteiger partial charge in [0.2, 0.25) is 11.8 Å². The van der Waals surface area contributed by atoms with Gasteiger partial charge in [0.05, 0.1) is 17.6 Å². The molecule has 1 saturated carbocycles. The van der Waals surface area contributed by atoms with Crippen LogP contribution >= 0.6 is 0 Å². The quantitative estimate of drug-likeness (QED) is 0.751. The SMILES string of the molecule is O=C(CNC(=O)[C@@]12CCCC[C@H]1CNC2)Nc1ccc(-n2cccn2)cc1. The number of fused-ring (bicyclic) bond motifs is 1. The lowest BCUT2D eigenvalue weighted by molar-refractivity contribution is -0.135. The number of aromatic nitrogens is 2. The third kappa shape index (κ3) is 3.60. The summed E-state index contributed by atoms with van der Waals surface area (Å²) in [7, 11) is 0. The molecule has 0 bridgehead atoms. The Kier molecular flexibility index (Phi) is 4.94. The zero-order valence-electron chi connectivity index (χ0n) is 15.3. The molecular formula is C20H25N5O2. The van der Waals surface area contributed by atoms with E-state index >= 15 is 0 Å². The summed E-state index contributed by atoms with van der Waals surface area (Å²) >= 11 is 0. The van der Waals surface area contributed by atoms with Crippen LogP contribution in [0.15, 0.2) is 42.7 Å². The maximum atomic E-state index is 12.8. The van der Waals surface area contributed by atoms with E-state index in [9.17, 15) is 9.59 Å². The van der Waals surface area contributed by atoms with Crippen LogP contribution in [0, 0.1) is 11.3 Å². The number of nitrogens with zero attached hydrogens (tertiary/aromatic N) is 2. The molecule has 7 heteroatoms. The standard InChI is InChI=1S/C20H25N5O2/c26-18(24-16-5-7-17(8-6-16)25-11-3-10-23-25)13-22-19(27)20-9-2-1-4-15(20)12-21-14-20/h3,5-8,10-11,15,21H,1-2,4,9,12-14H2,(H,22,27)(H,24,26)/t15-,20+/m0/s1. The van der Waals surface area contributed by atoms with Crippen LogP contribution in [0.4, 0.5) is 5.69 Å². The third-order valence-electron chi connectivity index (χ3n) is 5.82. The highest BCUT2D eigenvalue weighted by Crippen LogP contribution is 2.43. The lowest BCUT2D eigenvalue weighted by Crippen LogP contribution is -2.49. The van der Waals surface area contributed by atoms with Crippen molar-refractivity contribution in [2.24, 2.45) is 11.3 Å². The molecular weight excluding hydrogens is 342 g/mol. The van der Waals surface area contributed by atoms with E-state index in [-0.39, 0.29) is 23.8 Å². The predicted molar refractivity (Wildman–Crippen MR) is 102 cm³/mol. The number of amides is 2. The molecule has 2 aliphatic rings. The molecule has 1 aromatic heterocycles. The Balaban J connectivity index is 1.31. The average molecular weight is 367 g/mol. The number of nitrogens with one attached hydrogen (secondary N) is 3. The second-order valence-corrected chi connectivity index (χ2v) is 7.46. The van der Waals surface area contributed by atoms with Crippen LogP contribution in [0.1, 0.15) is 25.7 Å². The molecule has 1 aliphatic heterocycles. The minimum Gasteiger partial charge on any atom is -0.346 e. The number of hydrogen-bond donors (Lipinski definition) is 3. The smallest absolute Gasteiger partial charge is 0.243 e. The number of rotatable bonds is 5. The highest BCUT2D eigenvalue weighted by Gasteiger charge is 2.49. The molecule has 3 N–H and O–H groups in total. The zero-order valence-corrected chi connectivity index (χ0v) is 15.3. The van der Waals surface area contributed by atoms with Crippen molar-refractivity contribution in [3.8, 4) is 5.69 Å². The predicted octanol–water partition coefficient (Wildman–Crippen LogP) is 1.71. The van der Waals surface area contributed by atoms with Crippen molar-refractivity contribution < 1.29 is 9.59 Å². The topological polar surface area (TPSA) is 88.0 Å². The summed E-state index contributed by atoms with van der Waals surface area (Å²) in [6.45, 7) is 1.62. The van der Waals surface area contributed by atoms with Gasteiger partial charge in [0, 0.05) is 24.6 Å². The molecule has 2 amide bonds. The summed E-state index contributed by atoms with van der Waals surface area (Å²) < 4.78 is 1.75. The summed E-state index contributed by atoms with van der Waals surface area (Å²) in [4.78, 5) is 25.0. The molecule has 1 saturated heterocycles. The fourth-order valence-corrected chi connectivity index (χ4v) is 4.35. The van der Waals surface area contributed by atoms with Crippen molar-refractivity contribution in [3.05, 3.63) is 42.7 Å². The number of carbonyl (C=O) groups is 2. The van der Waals surface area contributed by atoms with Crippen LogP contribution in [0.2, 0.25) is 0 Å². The normalized spacial score (nSPS) is 24.2. The van der Waals surface area contributed by atoms with Gasteiger partial charge in [-0.25, -0.2) is 4.68 Å². The summed E-state index contributed by atoms with van der Waals surface area (Å²) in [5.74, 6) is 0.190. The van der Waals surface area contributed by atoms with Crippen molar-refractivity contribution in [1.29, 1.82) is 0 Å². The van der Waals surface area contributed by atoms with E-state index in [1.165, 1.54) is 6.42 Å². The first-order chi connectivity index (χ1) is 13.2. The first kappa shape index (κ1) is 17.7. The van der Waals surface area contributed by atoms with Gasteiger partial charge in [0.15, 0.2) is 0 Å². The maximum absolute atomic E-state index is 12.8. The summed E-state index contributed by atoms with van der Waals surface area (Å²) in [5.41, 5.74) is 1.29. The largest absolute Gasteiger partial charge is 0.346 e. The fraction of sp³-hybridized carbons (Fsp3) is 0.450. The van der Waals surface area contributed by atoms with Crippen molar-refractivity contribution in [1.82, 2.24) is 20.4 Å². The Morgan fingerprint density at radius 2 is 2.11 bits per heavy atom. The molecule has 2 aromatic rings. The van der Waals surface area contributed by atoms with Crippen LogP contribution < -0.4 is 16.0 Å². The Labute approximate surface area is 158 Å². The van der Waals surface area contributed by atoms with E-state index < -0.39 is 0 Å². The van der Waals surface area contributed by atoms with Gasteiger partial charge in [-0.2, -0.15) is 5.10 Å². The van der Waals surface area contributed by atoms with Gasteiger partial charge in [-0.1, -0.05) is 12.8 Å². The van der Waals surface area contributed by atoms with Gasteiger partial charge in [0.25, 0.3) is 0 Å². The highest BCUT2D eigenvalue weighted by atomic mass is 16.2. The molecule has 0 radical (unpaired) electrons. The molecule has 1 aliphatic carbocycles. The summed E-state index contributed by atoms with van der Waals surface area (Å²) in [6.07, 6.45) is 7.85. The molecule has 4 rings (SSSR count). The van der Waals surface area contributed by atoms with E-state index in [1.54, 1.807) is 10.9 Å². The number of carbonyl (C=O) groups excluding carboxylic acids is 2. The number of hydrogen-bond acceptors (Lipinski definition) is 4. The molecule has 7 nitrogen and oxygen atoms in total. The maximum Gasteiger partial charge on any atom is 0.243 e. The Morgan fingerprint density at radius 3 is 2.89 bits per heavy atom. The molecule has 142 valence electrons. The molecule has 27 heavy (non-hydrogen) atoms. The monoisotopic (exact) mass is 367 g/mol. The van der Waals surface area contributed by atoms with E-state index in [4.69, 9.17) is 0 Å². The fourth-order valence-electron chi connectivity index (χ4n) is 4.35. The molecule has 2 fully saturated rings. The first-order valence-corrected chi connectivity index (χ1v) is 9.56. The molecule has 0 spiro atoms. The van der Waals surface area contributed by atoms with Crippen LogP contribution in [0.5, 0.6) is 0 Å². The minimum absolute atomic E-state index is 0.00574. The molecule has 1 aromatic carbocycles. The van der Waals surface area contributed by atoms with Crippen LogP contribution in [0.25, 0.3) is 5.69 Å². The van der Waals surface area contributed by atoms with Crippen LogP contribution in [0.3, 0.4) is 0 Å². The Bertz CT molecular complexity index is 802. The lowest BCUT2D eigenvalue weighted by Gasteiger charge is -2.37. The van der Waals surface area contributed by atoms with Gasteiger partial charge < -0.3 is 16.0 Å². The number of anilines is 1. The van der Waals surface area contributed by atoms with Crippen molar-refractivity contribution in [3.63, 3.8) is 0 Å². The van der Waals surface area contributed by atoms with Crippen LogP contribution in [-0.4, -0.2) is 41.2 Å². The van der Waals surface area contributed by atoms with E-state index in [0.29, 0.717) is 11.6 Å². The molecule has 0 unspecified atom stereocenters. The lowest BCUT2D eigenvalue weighted by atomic mass is 9.67. The average Bonchev–Trinajstić information content (AvgIpc) is 3.37. The Hall–Kier alpha value is -2.67. The van der Waals surface area contributed by atoms with E-state index in [1.807, 2.05) is 36.5 Å². The van der Waals surface area contributed by atoms with Gasteiger partial charge in [0.1, 0.15) is 0 Å². The first-order valence-electron chi connectivity index (χ1n) is 9.56. The van der Waals surface area contributed by atoms with Crippen molar-refractivity contribution in [2.45, 2.75) is 25.7 Å². The van der Waals surface area contributed by atoms with Crippen molar-refractivity contribution in [2.75, 3.05) is 25.0 Å². The van der Waals surface area contributed by atoms with Gasteiger partial charge in [-0.05, 0) is 55.6 Å². The van der Waals surface area contributed by atoms with E-state index in [0.717, 1.165) is 38.0 Å². The number of benzene rings is 1. The summed E-state index contributed by atoms with van der Waals surface area (Å²) in [6, 6.07) is 9.28. The molecule has 2 heterocycles. The van der Waals surface area contributed by atoms with E-state index in [2.05, 4.69) is 21.0 Å². The third-order valence-corrected chi connectivity index (χ3v) is 5.82. The second-order valence-electron chi connectivity index (χ2n) is 7.46. The van der Waals surface area contributed by atoms with Crippen LogP contribution in [-0.2, 0) is 9.59 Å². The zero-order chi connectivity index (χ0) is 18.7. The molecule has 2 atom stereocenters. The van der Waals surface area contributed by atoms with Crippen molar-refractivity contribution >= 4 is 17.5 Å².